The van der Waals surface area contributed by atoms with Crippen LogP contribution in [-0.4, -0.2) is 40.9 Å². The van der Waals surface area contributed by atoms with Gasteiger partial charge in [0.2, 0.25) is 12.2 Å². The maximum Gasteiger partial charge on any atom is 0.295 e. The van der Waals surface area contributed by atoms with E-state index in [-0.39, 0.29) is 0 Å². The third-order valence-electron chi connectivity index (χ3n) is 5.53. The van der Waals surface area contributed by atoms with Gasteiger partial charge in [-0.3, -0.25) is 19.5 Å². The highest BCUT2D eigenvalue weighted by atomic mass is 16.5. The van der Waals surface area contributed by atoms with Crippen LogP contribution in [0.4, 0.5) is 11.4 Å². The number of anilines is 2. The zero-order valence-electron chi connectivity index (χ0n) is 18.9. The molecular weight excluding hydrogens is 420 g/mol. The molecular formula is C25H24N4O4. The predicted octanol–water partition coefficient (Wildman–Crippen LogP) is 3.98. The number of carbonyl (C=O) groups is 2. The molecule has 3 aromatic heterocycles. The molecule has 8 nitrogen and oxygen atoms in total. The Morgan fingerprint density at radius 2 is 1.88 bits per heavy atom. The largest absolute Gasteiger partial charge is 0.495 e. The average molecular weight is 444 g/mol. The monoisotopic (exact) mass is 444 g/mol. The summed E-state index contributed by atoms with van der Waals surface area (Å²) in [5.41, 5.74) is 4.74. The first-order valence-corrected chi connectivity index (χ1v) is 10.3. The Balaban J connectivity index is 1.93. The first kappa shape index (κ1) is 22.0. The van der Waals surface area contributed by atoms with Crippen molar-refractivity contribution in [3.8, 4) is 11.6 Å². The van der Waals surface area contributed by atoms with Gasteiger partial charge in [0, 0.05) is 23.3 Å². The van der Waals surface area contributed by atoms with Crippen LogP contribution in [0.1, 0.15) is 17.0 Å². The maximum atomic E-state index is 12.9. The molecule has 8 heteroatoms. The topological polar surface area (TPSA) is 86.6 Å². The van der Waals surface area contributed by atoms with Gasteiger partial charge < -0.3 is 14.0 Å². The number of nitrogens with zero attached hydrogens (tertiary/aromatic N) is 4. The Morgan fingerprint density at radius 3 is 2.55 bits per heavy atom. The molecule has 1 amide bonds. The van der Waals surface area contributed by atoms with E-state index in [2.05, 4.69) is 14.5 Å². The van der Waals surface area contributed by atoms with Crippen molar-refractivity contribution < 1.29 is 19.1 Å². The number of methoxy groups -OCH3 is 2. The van der Waals surface area contributed by atoms with Crippen LogP contribution in [0.2, 0.25) is 0 Å². The Labute approximate surface area is 191 Å². The number of ether oxygens (including phenoxy) is 2. The quantitative estimate of drug-likeness (QED) is 0.317. The van der Waals surface area contributed by atoms with E-state index in [4.69, 9.17) is 9.47 Å². The van der Waals surface area contributed by atoms with E-state index in [1.54, 1.807) is 31.6 Å². The molecule has 0 spiro atoms. The van der Waals surface area contributed by atoms with Crippen LogP contribution in [0.3, 0.4) is 0 Å². The number of fused-ring (bicyclic) bond motifs is 1. The molecule has 0 aliphatic carbocycles. The van der Waals surface area contributed by atoms with Crippen molar-refractivity contribution in [3.05, 3.63) is 71.8 Å². The minimum atomic E-state index is -0.686. The summed E-state index contributed by atoms with van der Waals surface area (Å²) in [5, 5.41) is 0.854. The molecule has 33 heavy (non-hydrogen) atoms. The molecule has 0 saturated heterocycles. The lowest BCUT2D eigenvalue weighted by molar-refractivity contribution is -0.129. The molecule has 0 saturated carbocycles. The normalized spacial score (nSPS) is 10.8. The van der Waals surface area contributed by atoms with Crippen LogP contribution >= 0.6 is 0 Å². The number of carbonyl (C=O) groups excluding carboxylic acids is 2. The van der Waals surface area contributed by atoms with Gasteiger partial charge in [-0.25, -0.2) is 4.98 Å². The Kier molecular flexibility index (Phi) is 6.08. The number of amides is 1. The second-order valence-corrected chi connectivity index (χ2v) is 7.58. The molecule has 0 N–H and O–H groups in total. The molecule has 0 bridgehead atoms. The number of aryl methyl sites for hydroxylation is 1. The molecule has 1 aromatic carbocycles. The minimum absolute atomic E-state index is 0.316. The molecule has 4 aromatic rings. The smallest absolute Gasteiger partial charge is 0.295 e. The molecule has 4 rings (SSSR count). The van der Waals surface area contributed by atoms with Crippen molar-refractivity contribution >= 4 is 34.5 Å². The number of aromatic nitrogens is 3. The molecule has 3 heterocycles. The number of aldehydes is 1. The van der Waals surface area contributed by atoms with E-state index < -0.39 is 5.91 Å². The van der Waals surface area contributed by atoms with Crippen LogP contribution < -0.4 is 14.4 Å². The van der Waals surface area contributed by atoms with Crippen molar-refractivity contribution in [3.63, 3.8) is 0 Å². The first-order chi connectivity index (χ1) is 16.0. The summed E-state index contributed by atoms with van der Waals surface area (Å²) in [6.45, 7) is 4.40. The van der Waals surface area contributed by atoms with E-state index in [0.717, 1.165) is 27.9 Å². The molecule has 0 fully saturated rings. The fourth-order valence-electron chi connectivity index (χ4n) is 3.92. The van der Waals surface area contributed by atoms with Gasteiger partial charge in [-0.05, 0) is 44.2 Å². The molecule has 0 radical (unpaired) electrons. The van der Waals surface area contributed by atoms with Gasteiger partial charge in [0.05, 0.1) is 49.5 Å². The Bertz CT molecular complexity index is 1330. The minimum Gasteiger partial charge on any atom is -0.495 e. The van der Waals surface area contributed by atoms with Gasteiger partial charge >= 0.3 is 0 Å². The highest BCUT2D eigenvalue weighted by Gasteiger charge is 2.26. The summed E-state index contributed by atoms with van der Waals surface area (Å²) in [6.07, 6.45) is 3.53. The second-order valence-electron chi connectivity index (χ2n) is 7.58. The summed E-state index contributed by atoms with van der Waals surface area (Å²) in [4.78, 5) is 34.6. The zero-order valence-corrected chi connectivity index (χ0v) is 18.9. The fourth-order valence-corrected chi connectivity index (χ4v) is 3.92. The van der Waals surface area contributed by atoms with Gasteiger partial charge in [0.15, 0.2) is 0 Å². The van der Waals surface area contributed by atoms with E-state index >= 15 is 0 Å². The number of hydrogen-bond acceptors (Lipinski definition) is 6. The van der Waals surface area contributed by atoms with Crippen LogP contribution in [-0.2, 0) is 16.1 Å². The molecule has 0 aliphatic heterocycles. The summed E-state index contributed by atoms with van der Waals surface area (Å²) < 4.78 is 12.5. The zero-order chi connectivity index (χ0) is 23.5. The second kappa shape index (κ2) is 9.12. The first-order valence-electron chi connectivity index (χ1n) is 10.3. The number of hydrogen-bond donors (Lipinski definition) is 0. The van der Waals surface area contributed by atoms with E-state index in [9.17, 15) is 9.59 Å². The van der Waals surface area contributed by atoms with Crippen LogP contribution in [0.25, 0.3) is 10.9 Å². The highest BCUT2D eigenvalue weighted by molar-refractivity contribution is 6.34. The maximum absolute atomic E-state index is 12.9. The van der Waals surface area contributed by atoms with Crippen molar-refractivity contribution in [2.24, 2.45) is 0 Å². The van der Waals surface area contributed by atoms with Crippen LogP contribution in [0, 0.1) is 13.8 Å². The van der Waals surface area contributed by atoms with Crippen LogP contribution in [0.5, 0.6) is 11.6 Å². The number of rotatable bonds is 7. The van der Waals surface area contributed by atoms with Crippen molar-refractivity contribution in [2.75, 3.05) is 19.1 Å². The van der Waals surface area contributed by atoms with Gasteiger partial charge in [0.1, 0.15) is 5.75 Å². The highest BCUT2D eigenvalue weighted by Crippen LogP contribution is 2.39. The lowest BCUT2D eigenvalue weighted by Crippen LogP contribution is -2.27. The van der Waals surface area contributed by atoms with Crippen LogP contribution in [0.15, 0.2) is 54.9 Å². The predicted molar refractivity (Wildman–Crippen MR) is 125 cm³/mol. The van der Waals surface area contributed by atoms with Gasteiger partial charge in [0.25, 0.3) is 5.91 Å². The summed E-state index contributed by atoms with van der Waals surface area (Å²) in [6, 6.07) is 13.1. The van der Waals surface area contributed by atoms with E-state index in [1.165, 1.54) is 12.0 Å². The number of pyridine rings is 2. The van der Waals surface area contributed by atoms with E-state index in [0.29, 0.717) is 35.8 Å². The van der Waals surface area contributed by atoms with Crippen molar-refractivity contribution in [1.82, 2.24) is 14.5 Å². The standard InChI is InChI=1S/C25H24N4O4/c1-16-5-8-22-21(11-16)25(17(2)28(22)14-18-6-7-20(32-3)13-27-18)29(24(31)15-30)19-9-10-26-23(12-19)33-4/h5-13,15H,14H2,1-4H3. The van der Waals surface area contributed by atoms with Gasteiger partial charge in [-0.15, -0.1) is 0 Å². The Morgan fingerprint density at radius 1 is 1.06 bits per heavy atom. The third kappa shape index (κ3) is 4.15. The summed E-state index contributed by atoms with van der Waals surface area (Å²) in [5.74, 6) is 0.337. The number of benzene rings is 1. The fraction of sp³-hybridized carbons (Fsp3) is 0.200. The lowest BCUT2D eigenvalue weighted by atomic mass is 10.1. The third-order valence-corrected chi connectivity index (χ3v) is 5.53. The summed E-state index contributed by atoms with van der Waals surface area (Å²) >= 11 is 0. The van der Waals surface area contributed by atoms with Gasteiger partial charge in [-0.1, -0.05) is 11.6 Å². The molecule has 168 valence electrons. The molecule has 0 unspecified atom stereocenters. The lowest BCUT2D eigenvalue weighted by Gasteiger charge is -2.22. The average Bonchev–Trinajstić information content (AvgIpc) is 3.10. The SMILES string of the molecule is COc1ccc(Cn2c(C)c(N(C(=O)C=O)c3ccnc(OC)c3)c3cc(C)ccc32)nc1. The summed E-state index contributed by atoms with van der Waals surface area (Å²) in [7, 11) is 3.10. The molecule has 0 atom stereocenters. The Hall–Kier alpha value is -4.20. The molecule has 0 aliphatic rings. The van der Waals surface area contributed by atoms with Crippen molar-refractivity contribution in [2.45, 2.75) is 20.4 Å². The van der Waals surface area contributed by atoms with Crippen molar-refractivity contribution in [1.29, 1.82) is 0 Å². The van der Waals surface area contributed by atoms with Gasteiger partial charge in [-0.2, -0.15) is 0 Å². The van der Waals surface area contributed by atoms with E-state index in [1.807, 2.05) is 44.2 Å².